The van der Waals surface area contributed by atoms with Gasteiger partial charge in [-0.15, -0.1) is 13.2 Å². The van der Waals surface area contributed by atoms with Crippen molar-refractivity contribution in [3.05, 3.63) is 89.5 Å². The Morgan fingerprint density at radius 1 is 0.833 bits per heavy atom. The molecule has 0 heterocycles. The molecule has 1 N–H and O–H groups in total. The van der Waals surface area contributed by atoms with E-state index in [1.165, 1.54) is 44.4 Å². The zero-order valence-electron chi connectivity index (χ0n) is 23.5. The van der Waals surface area contributed by atoms with Gasteiger partial charge in [0.15, 0.2) is 5.78 Å². The fraction of sp³-hybridized carbons (Fsp3) is 0.344. The van der Waals surface area contributed by atoms with Crippen LogP contribution in [-0.2, 0) is 11.2 Å². The number of carbonyl (C=O) groups excluding carboxylic acids is 3. The molecule has 224 valence electrons. The molecule has 42 heavy (non-hydrogen) atoms. The van der Waals surface area contributed by atoms with Crippen LogP contribution in [0.15, 0.2) is 72.8 Å². The number of hydrogen-bond donors (Lipinski definition) is 1. The number of carbonyl (C=O) groups is 3. The standard InChI is InChI=1S/C32H34F3NO6/c1-3-4-5-6-9-20-40-25-18-14-24(15-19-25)31(39)41-26-16-12-23(13-17-26)21-28(22(2)37)36-30(38)27-10-7-8-11-29(27)42-32(33,34)35/h7-8,10-19,28H,3-6,9,20-21H2,1-2H3,(H,36,38)/t28-/m0/s1. The van der Waals surface area contributed by atoms with Crippen molar-refractivity contribution in [3.63, 3.8) is 0 Å². The number of para-hydroxylation sites is 1. The molecule has 7 nitrogen and oxygen atoms in total. The maximum atomic E-state index is 12.7. The van der Waals surface area contributed by atoms with E-state index in [4.69, 9.17) is 9.47 Å². The second-order valence-electron chi connectivity index (χ2n) is 9.71. The minimum Gasteiger partial charge on any atom is -0.494 e. The Balaban J connectivity index is 1.54. The van der Waals surface area contributed by atoms with E-state index in [0.29, 0.717) is 23.5 Å². The molecule has 3 rings (SSSR count). The number of esters is 1. The van der Waals surface area contributed by atoms with Crippen molar-refractivity contribution in [2.45, 2.75) is 64.8 Å². The second-order valence-corrected chi connectivity index (χ2v) is 9.71. The van der Waals surface area contributed by atoms with E-state index in [9.17, 15) is 27.6 Å². The van der Waals surface area contributed by atoms with Gasteiger partial charge in [-0.1, -0.05) is 56.9 Å². The van der Waals surface area contributed by atoms with Gasteiger partial charge in [0.25, 0.3) is 5.91 Å². The van der Waals surface area contributed by atoms with Crippen LogP contribution < -0.4 is 19.5 Å². The third kappa shape index (κ3) is 10.6. The van der Waals surface area contributed by atoms with Crippen LogP contribution in [0.4, 0.5) is 13.2 Å². The van der Waals surface area contributed by atoms with Gasteiger partial charge in [0.1, 0.15) is 17.2 Å². The maximum absolute atomic E-state index is 12.7. The summed E-state index contributed by atoms with van der Waals surface area (Å²) in [5, 5.41) is 2.47. The molecule has 10 heteroatoms. The quantitative estimate of drug-likeness (QED) is 0.116. The van der Waals surface area contributed by atoms with E-state index >= 15 is 0 Å². The Bertz CT molecular complexity index is 1320. The number of unbranched alkanes of at least 4 members (excludes halogenated alkanes) is 4. The largest absolute Gasteiger partial charge is 0.573 e. The molecule has 1 amide bonds. The number of amides is 1. The molecule has 0 fully saturated rings. The summed E-state index contributed by atoms with van der Waals surface area (Å²) in [7, 11) is 0. The average molecular weight is 586 g/mol. The lowest BCUT2D eigenvalue weighted by atomic mass is 10.0. The number of nitrogens with one attached hydrogen (secondary N) is 1. The Morgan fingerprint density at radius 3 is 2.12 bits per heavy atom. The molecule has 3 aromatic rings. The van der Waals surface area contributed by atoms with Crippen molar-refractivity contribution < 1.29 is 41.8 Å². The summed E-state index contributed by atoms with van der Waals surface area (Å²) in [5.41, 5.74) is 0.625. The van der Waals surface area contributed by atoms with Crippen LogP contribution >= 0.6 is 0 Å². The van der Waals surface area contributed by atoms with E-state index in [0.717, 1.165) is 18.9 Å². The Morgan fingerprint density at radius 2 is 1.48 bits per heavy atom. The van der Waals surface area contributed by atoms with E-state index in [1.807, 2.05) is 0 Å². The molecule has 0 aliphatic rings. The highest BCUT2D eigenvalue weighted by atomic mass is 19.4. The highest BCUT2D eigenvalue weighted by molar-refractivity contribution is 5.99. The van der Waals surface area contributed by atoms with Gasteiger partial charge in [-0.05, 0) is 73.9 Å². The van der Waals surface area contributed by atoms with E-state index < -0.39 is 35.8 Å². The summed E-state index contributed by atoms with van der Waals surface area (Å²) in [6.07, 6.45) is 0.789. The van der Waals surface area contributed by atoms with Crippen molar-refractivity contribution in [2.24, 2.45) is 0 Å². The minimum atomic E-state index is -4.98. The third-order valence-corrected chi connectivity index (χ3v) is 6.33. The zero-order valence-corrected chi connectivity index (χ0v) is 23.5. The number of ether oxygens (including phenoxy) is 3. The molecular formula is C32H34F3NO6. The van der Waals surface area contributed by atoms with Crippen LogP contribution in [-0.4, -0.2) is 36.7 Å². The summed E-state index contributed by atoms with van der Waals surface area (Å²) in [4.78, 5) is 37.5. The lowest BCUT2D eigenvalue weighted by Crippen LogP contribution is -2.41. The minimum absolute atomic E-state index is 0.0671. The number of rotatable bonds is 15. The van der Waals surface area contributed by atoms with Crippen molar-refractivity contribution >= 4 is 17.7 Å². The Labute approximate surface area is 243 Å². The zero-order chi connectivity index (χ0) is 30.5. The number of halogens is 3. The molecule has 0 saturated heterocycles. The fourth-order valence-electron chi connectivity index (χ4n) is 4.08. The SMILES string of the molecule is CCCCCCCOc1ccc(C(=O)Oc2ccc(C[C@H](NC(=O)c3ccccc3OC(F)(F)F)C(C)=O)cc2)cc1. The molecular weight excluding hydrogens is 551 g/mol. The molecule has 0 aliphatic heterocycles. The fourth-order valence-corrected chi connectivity index (χ4v) is 4.08. The van der Waals surface area contributed by atoms with Crippen LogP contribution in [0.1, 0.15) is 72.2 Å². The number of benzene rings is 3. The van der Waals surface area contributed by atoms with Gasteiger partial charge in [-0.3, -0.25) is 9.59 Å². The van der Waals surface area contributed by atoms with Crippen LogP contribution in [0.5, 0.6) is 17.2 Å². The van der Waals surface area contributed by atoms with Crippen LogP contribution in [0.2, 0.25) is 0 Å². The summed E-state index contributed by atoms with van der Waals surface area (Å²) in [6.45, 7) is 4.05. The average Bonchev–Trinajstić information content (AvgIpc) is 2.95. The molecule has 0 spiro atoms. The van der Waals surface area contributed by atoms with E-state index in [-0.39, 0.29) is 17.7 Å². The molecule has 0 aliphatic carbocycles. The molecule has 0 aromatic heterocycles. The van der Waals surface area contributed by atoms with E-state index in [1.54, 1.807) is 48.5 Å². The monoisotopic (exact) mass is 585 g/mol. The molecule has 1 atom stereocenters. The summed E-state index contributed by atoms with van der Waals surface area (Å²) in [5.74, 6) is -1.55. The molecule has 0 unspecified atom stereocenters. The smallest absolute Gasteiger partial charge is 0.494 e. The first-order chi connectivity index (χ1) is 20.1. The summed E-state index contributed by atoms with van der Waals surface area (Å²) >= 11 is 0. The van der Waals surface area contributed by atoms with Crippen molar-refractivity contribution in [3.8, 4) is 17.2 Å². The van der Waals surface area contributed by atoms with Crippen molar-refractivity contribution in [1.29, 1.82) is 0 Å². The number of ketones is 1. The Kier molecular flexibility index (Phi) is 12.0. The normalized spacial score (nSPS) is 11.8. The Hall–Kier alpha value is -4.34. The van der Waals surface area contributed by atoms with Gasteiger partial charge in [0, 0.05) is 0 Å². The molecule has 0 saturated carbocycles. The predicted octanol–water partition coefficient (Wildman–Crippen LogP) is 7.08. The van der Waals surface area contributed by atoms with Crippen molar-refractivity contribution in [1.82, 2.24) is 5.32 Å². The lowest BCUT2D eigenvalue weighted by molar-refractivity contribution is -0.274. The van der Waals surface area contributed by atoms with E-state index in [2.05, 4.69) is 17.0 Å². The van der Waals surface area contributed by atoms with Crippen LogP contribution in [0.3, 0.4) is 0 Å². The second kappa shape index (κ2) is 15.6. The van der Waals surface area contributed by atoms with Gasteiger partial charge >= 0.3 is 12.3 Å². The first-order valence-electron chi connectivity index (χ1n) is 13.8. The predicted molar refractivity (Wildman–Crippen MR) is 151 cm³/mol. The number of Topliss-reactive ketones (excluding diaryl/α,β-unsaturated/α-hetero) is 1. The summed E-state index contributed by atoms with van der Waals surface area (Å²) in [6, 6.07) is 16.9. The first kappa shape index (κ1) is 32.2. The maximum Gasteiger partial charge on any atom is 0.573 e. The van der Waals surface area contributed by atoms with Crippen LogP contribution in [0.25, 0.3) is 0 Å². The highest BCUT2D eigenvalue weighted by Gasteiger charge is 2.33. The molecule has 0 bridgehead atoms. The lowest BCUT2D eigenvalue weighted by Gasteiger charge is -2.18. The van der Waals surface area contributed by atoms with Crippen molar-refractivity contribution in [2.75, 3.05) is 6.61 Å². The first-order valence-corrected chi connectivity index (χ1v) is 13.8. The van der Waals surface area contributed by atoms with Gasteiger partial charge < -0.3 is 19.5 Å². The van der Waals surface area contributed by atoms with Gasteiger partial charge in [0.2, 0.25) is 0 Å². The highest BCUT2D eigenvalue weighted by Crippen LogP contribution is 2.26. The summed E-state index contributed by atoms with van der Waals surface area (Å²) < 4.78 is 53.3. The number of hydrogen-bond acceptors (Lipinski definition) is 6. The topological polar surface area (TPSA) is 90.9 Å². The molecule has 0 radical (unpaired) electrons. The number of alkyl halides is 3. The third-order valence-electron chi connectivity index (χ3n) is 6.33. The van der Waals surface area contributed by atoms with Gasteiger partial charge in [0.05, 0.1) is 23.8 Å². The molecule has 3 aromatic carbocycles. The van der Waals surface area contributed by atoms with Gasteiger partial charge in [-0.25, -0.2) is 4.79 Å². The van der Waals surface area contributed by atoms with Gasteiger partial charge in [-0.2, -0.15) is 0 Å². The van der Waals surface area contributed by atoms with Crippen LogP contribution in [0, 0.1) is 0 Å².